The maximum absolute atomic E-state index is 12.4. The second-order valence-corrected chi connectivity index (χ2v) is 5.98. The van der Waals surface area contributed by atoms with Gasteiger partial charge in [0.05, 0.1) is 21.5 Å². The van der Waals surface area contributed by atoms with Crippen LogP contribution in [0.1, 0.15) is 6.42 Å². The van der Waals surface area contributed by atoms with Crippen molar-refractivity contribution >= 4 is 34.6 Å². The van der Waals surface area contributed by atoms with E-state index < -0.39 is 21.7 Å². The lowest BCUT2D eigenvalue weighted by Gasteiger charge is -2.16. The zero-order valence-electron chi connectivity index (χ0n) is 13.9. The SMILES string of the molecule is O=C(Nc1cccc([N+](=O)[O-])c1)C1CC(=O)N(c2cccc([N+](=O)[O-])c2)C1. The van der Waals surface area contributed by atoms with Crippen molar-refractivity contribution in [1.29, 1.82) is 0 Å². The van der Waals surface area contributed by atoms with Gasteiger partial charge in [-0.1, -0.05) is 12.1 Å². The Morgan fingerprint density at radius 2 is 1.67 bits per heavy atom. The molecule has 138 valence electrons. The molecule has 1 atom stereocenters. The van der Waals surface area contributed by atoms with Crippen molar-refractivity contribution in [2.24, 2.45) is 5.92 Å². The number of anilines is 2. The molecule has 1 heterocycles. The van der Waals surface area contributed by atoms with E-state index in [-0.39, 0.29) is 35.9 Å². The number of benzene rings is 2. The summed E-state index contributed by atoms with van der Waals surface area (Å²) in [4.78, 5) is 46.6. The van der Waals surface area contributed by atoms with Gasteiger partial charge in [0.2, 0.25) is 11.8 Å². The molecule has 27 heavy (non-hydrogen) atoms. The highest BCUT2D eigenvalue weighted by Crippen LogP contribution is 2.28. The fraction of sp³-hybridized carbons (Fsp3) is 0.176. The Bertz CT molecular complexity index is 945. The number of hydrogen-bond donors (Lipinski definition) is 1. The molecule has 1 aliphatic heterocycles. The average molecular weight is 370 g/mol. The summed E-state index contributed by atoms with van der Waals surface area (Å²) in [7, 11) is 0. The molecule has 1 saturated heterocycles. The number of non-ortho nitro benzene ring substituents is 2. The summed E-state index contributed by atoms with van der Waals surface area (Å²) in [6.45, 7) is 0.0702. The minimum absolute atomic E-state index is 0.0521. The molecule has 1 fully saturated rings. The predicted octanol–water partition coefficient (Wildman–Crippen LogP) is 2.49. The number of hydrogen-bond acceptors (Lipinski definition) is 6. The van der Waals surface area contributed by atoms with E-state index >= 15 is 0 Å². The van der Waals surface area contributed by atoms with Crippen LogP contribution in [0.5, 0.6) is 0 Å². The number of nitro benzene ring substituents is 2. The molecule has 1 unspecified atom stereocenters. The van der Waals surface area contributed by atoms with E-state index in [9.17, 15) is 29.8 Å². The fourth-order valence-electron chi connectivity index (χ4n) is 2.85. The third-order valence-electron chi connectivity index (χ3n) is 4.17. The third kappa shape index (κ3) is 3.89. The van der Waals surface area contributed by atoms with Gasteiger partial charge >= 0.3 is 0 Å². The number of amides is 2. The van der Waals surface area contributed by atoms with Crippen LogP contribution in [0, 0.1) is 26.1 Å². The van der Waals surface area contributed by atoms with Gasteiger partial charge in [-0.3, -0.25) is 29.8 Å². The van der Waals surface area contributed by atoms with Crippen LogP contribution in [0.25, 0.3) is 0 Å². The molecule has 0 aromatic heterocycles. The summed E-state index contributed by atoms with van der Waals surface area (Å²) >= 11 is 0. The maximum Gasteiger partial charge on any atom is 0.271 e. The van der Waals surface area contributed by atoms with Crippen LogP contribution in [0.2, 0.25) is 0 Å². The molecule has 1 N–H and O–H groups in total. The highest BCUT2D eigenvalue weighted by atomic mass is 16.6. The molecule has 0 radical (unpaired) electrons. The zero-order valence-corrected chi connectivity index (χ0v) is 13.9. The first-order chi connectivity index (χ1) is 12.8. The molecule has 0 saturated carbocycles. The molecule has 3 rings (SSSR count). The van der Waals surface area contributed by atoms with Gasteiger partial charge in [0.25, 0.3) is 11.4 Å². The number of nitrogens with zero attached hydrogens (tertiary/aromatic N) is 3. The number of carbonyl (C=O) groups is 2. The van der Waals surface area contributed by atoms with Gasteiger partial charge in [0, 0.05) is 42.9 Å². The Hall–Kier alpha value is -3.82. The van der Waals surface area contributed by atoms with E-state index in [2.05, 4.69) is 5.32 Å². The van der Waals surface area contributed by atoms with E-state index in [1.807, 2.05) is 0 Å². The maximum atomic E-state index is 12.4. The lowest BCUT2D eigenvalue weighted by atomic mass is 10.1. The van der Waals surface area contributed by atoms with Gasteiger partial charge in [-0.25, -0.2) is 0 Å². The number of nitrogens with one attached hydrogen (secondary N) is 1. The number of carbonyl (C=O) groups excluding carboxylic acids is 2. The van der Waals surface area contributed by atoms with Crippen LogP contribution < -0.4 is 10.2 Å². The quantitative estimate of drug-likeness (QED) is 0.634. The molecule has 2 aromatic rings. The Kier molecular flexibility index (Phi) is 4.79. The van der Waals surface area contributed by atoms with E-state index in [1.165, 1.54) is 47.4 Å². The molecule has 2 amide bonds. The number of nitro groups is 2. The Labute approximate surface area is 152 Å². The lowest BCUT2D eigenvalue weighted by molar-refractivity contribution is -0.385. The monoisotopic (exact) mass is 370 g/mol. The summed E-state index contributed by atoms with van der Waals surface area (Å²) in [6, 6.07) is 11.1. The number of rotatable bonds is 5. The van der Waals surface area contributed by atoms with Crippen LogP contribution >= 0.6 is 0 Å². The van der Waals surface area contributed by atoms with Crippen molar-refractivity contribution in [3.05, 3.63) is 68.8 Å². The standard InChI is InChI=1S/C17H14N4O6/c22-16-7-11(10-19(16)13-4-2-6-15(9-13)21(26)27)17(23)18-12-3-1-5-14(8-12)20(24)25/h1-6,8-9,11H,7,10H2,(H,18,23). The summed E-state index contributed by atoms with van der Waals surface area (Å²) < 4.78 is 0. The summed E-state index contributed by atoms with van der Waals surface area (Å²) in [5, 5.41) is 24.3. The molecular formula is C17H14N4O6. The second-order valence-electron chi connectivity index (χ2n) is 5.98. The first-order valence-corrected chi connectivity index (χ1v) is 7.95. The van der Waals surface area contributed by atoms with E-state index in [4.69, 9.17) is 0 Å². The molecule has 0 aliphatic carbocycles. The van der Waals surface area contributed by atoms with Crippen molar-refractivity contribution in [2.75, 3.05) is 16.8 Å². The van der Waals surface area contributed by atoms with Gasteiger partial charge in [-0.2, -0.15) is 0 Å². The predicted molar refractivity (Wildman–Crippen MR) is 95.3 cm³/mol. The van der Waals surface area contributed by atoms with Crippen molar-refractivity contribution < 1.29 is 19.4 Å². The molecule has 10 nitrogen and oxygen atoms in total. The van der Waals surface area contributed by atoms with E-state index in [0.29, 0.717) is 5.69 Å². The van der Waals surface area contributed by atoms with Gasteiger partial charge in [-0.15, -0.1) is 0 Å². The molecule has 10 heteroatoms. The molecule has 1 aliphatic rings. The van der Waals surface area contributed by atoms with E-state index in [0.717, 1.165) is 0 Å². The minimum atomic E-state index is -0.670. The first-order valence-electron chi connectivity index (χ1n) is 7.95. The van der Waals surface area contributed by atoms with Crippen molar-refractivity contribution in [2.45, 2.75) is 6.42 Å². The van der Waals surface area contributed by atoms with Crippen LogP contribution in [0.4, 0.5) is 22.7 Å². The van der Waals surface area contributed by atoms with Gasteiger partial charge < -0.3 is 10.2 Å². The Morgan fingerprint density at radius 1 is 1.04 bits per heavy atom. The third-order valence-corrected chi connectivity index (χ3v) is 4.17. The highest BCUT2D eigenvalue weighted by molar-refractivity contribution is 6.03. The topological polar surface area (TPSA) is 136 Å². The molecular weight excluding hydrogens is 356 g/mol. The second kappa shape index (κ2) is 7.20. The highest BCUT2D eigenvalue weighted by Gasteiger charge is 2.35. The minimum Gasteiger partial charge on any atom is -0.326 e. The smallest absolute Gasteiger partial charge is 0.271 e. The summed E-state index contributed by atoms with van der Waals surface area (Å²) in [5.41, 5.74) is 0.300. The molecule has 0 bridgehead atoms. The van der Waals surface area contributed by atoms with Crippen LogP contribution in [0.15, 0.2) is 48.5 Å². The molecule has 2 aromatic carbocycles. The zero-order chi connectivity index (χ0) is 19.6. The summed E-state index contributed by atoms with van der Waals surface area (Å²) in [6.07, 6.45) is -0.0521. The summed E-state index contributed by atoms with van der Waals surface area (Å²) in [5.74, 6) is -1.44. The van der Waals surface area contributed by atoms with Crippen LogP contribution in [-0.2, 0) is 9.59 Å². The first kappa shape index (κ1) is 18.0. The van der Waals surface area contributed by atoms with Crippen LogP contribution in [0.3, 0.4) is 0 Å². The van der Waals surface area contributed by atoms with Gasteiger partial charge in [0.1, 0.15) is 0 Å². The van der Waals surface area contributed by atoms with Gasteiger partial charge in [0.15, 0.2) is 0 Å². The van der Waals surface area contributed by atoms with Crippen LogP contribution in [-0.4, -0.2) is 28.2 Å². The van der Waals surface area contributed by atoms with E-state index in [1.54, 1.807) is 6.07 Å². The largest absolute Gasteiger partial charge is 0.326 e. The van der Waals surface area contributed by atoms with Crippen molar-refractivity contribution in [3.8, 4) is 0 Å². The Morgan fingerprint density at radius 3 is 2.33 bits per heavy atom. The molecule has 0 spiro atoms. The normalized spacial score (nSPS) is 16.2. The Balaban J connectivity index is 1.72. The fourth-order valence-corrected chi connectivity index (χ4v) is 2.85. The lowest BCUT2D eigenvalue weighted by Crippen LogP contribution is -2.28. The average Bonchev–Trinajstić information content (AvgIpc) is 3.04. The van der Waals surface area contributed by atoms with Crippen molar-refractivity contribution in [3.63, 3.8) is 0 Å². The van der Waals surface area contributed by atoms with Gasteiger partial charge in [-0.05, 0) is 12.1 Å². The van der Waals surface area contributed by atoms with Crippen molar-refractivity contribution in [1.82, 2.24) is 0 Å².